The number of halogens is 1. The van der Waals surface area contributed by atoms with Crippen LogP contribution in [0.5, 0.6) is 5.75 Å². The highest BCUT2D eigenvalue weighted by Crippen LogP contribution is 2.31. The lowest BCUT2D eigenvalue weighted by Gasteiger charge is -2.35. The van der Waals surface area contributed by atoms with Crippen molar-refractivity contribution >= 4 is 11.6 Å². The summed E-state index contributed by atoms with van der Waals surface area (Å²) in [7, 11) is 0. The van der Waals surface area contributed by atoms with Gasteiger partial charge in [-0.15, -0.1) is 0 Å². The summed E-state index contributed by atoms with van der Waals surface area (Å²) in [5, 5.41) is 4.20. The first-order chi connectivity index (χ1) is 11.3. The van der Waals surface area contributed by atoms with Gasteiger partial charge in [-0.1, -0.05) is 35.9 Å². The predicted octanol–water partition coefficient (Wildman–Crippen LogP) is 3.73. The molecule has 3 rings (SSSR count). The molecule has 4 heteroatoms. The Morgan fingerprint density at radius 1 is 1.09 bits per heavy atom. The molecule has 0 aliphatic carbocycles. The van der Waals surface area contributed by atoms with Crippen molar-refractivity contribution < 1.29 is 4.74 Å². The van der Waals surface area contributed by atoms with Gasteiger partial charge in [-0.2, -0.15) is 0 Å². The number of hydrogen-bond acceptors (Lipinski definition) is 3. The molecule has 1 unspecified atom stereocenters. The summed E-state index contributed by atoms with van der Waals surface area (Å²) in [4.78, 5) is 2.52. The molecule has 0 saturated carbocycles. The third-order valence-electron chi connectivity index (χ3n) is 4.19. The largest absolute Gasteiger partial charge is 0.494 e. The van der Waals surface area contributed by atoms with Crippen LogP contribution in [0.25, 0.3) is 0 Å². The van der Waals surface area contributed by atoms with E-state index in [0.717, 1.165) is 37.0 Å². The normalized spacial score (nSPS) is 17.0. The Morgan fingerprint density at radius 3 is 2.52 bits per heavy atom. The van der Waals surface area contributed by atoms with Gasteiger partial charge >= 0.3 is 0 Å². The second-order valence-corrected chi connectivity index (χ2v) is 6.18. The molecule has 3 nitrogen and oxygen atoms in total. The molecule has 1 heterocycles. The second-order valence-electron chi connectivity index (χ2n) is 5.75. The van der Waals surface area contributed by atoms with Crippen LogP contribution in [0.15, 0.2) is 48.5 Å². The molecule has 0 spiro atoms. The zero-order valence-corrected chi connectivity index (χ0v) is 14.2. The molecule has 23 heavy (non-hydrogen) atoms. The third kappa shape index (κ3) is 4.05. The van der Waals surface area contributed by atoms with Crippen molar-refractivity contribution in [2.75, 3.05) is 32.8 Å². The van der Waals surface area contributed by atoms with E-state index in [0.29, 0.717) is 6.61 Å². The minimum absolute atomic E-state index is 0.231. The average Bonchev–Trinajstić information content (AvgIpc) is 2.59. The highest BCUT2D eigenvalue weighted by Gasteiger charge is 2.24. The lowest BCUT2D eigenvalue weighted by molar-refractivity contribution is 0.198. The van der Waals surface area contributed by atoms with E-state index in [9.17, 15) is 0 Å². The Balaban J connectivity index is 1.96. The van der Waals surface area contributed by atoms with Crippen LogP contribution in [0.2, 0.25) is 5.02 Å². The number of benzene rings is 2. The van der Waals surface area contributed by atoms with E-state index in [1.807, 2.05) is 25.1 Å². The topological polar surface area (TPSA) is 24.5 Å². The molecular weight excluding hydrogens is 308 g/mol. The van der Waals surface area contributed by atoms with Crippen LogP contribution in [-0.2, 0) is 0 Å². The Morgan fingerprint density at radius 2 is 1.83 bits per heavy atom. The fourth-order valence-corrected chi connectivity index (χ4v) is 3.27. The minimum atomic E-state index is 0.231. The van der Waals surface area contributed by atoms with Crippen molar-refractivity contribution in [1.29, 1.82) is 0 Å². The van der Waals surface area contributed by atoms with Crippen LogP contribution in [0.3, 0.4) is 0 Å². The van der Waals surface area contributed by atoms with E-state index < -0.39 is 0 Å². The fourth-order valence-electron chi connectivity index (χ4n) is 3.14. The molecule has 0 radical (unpaired) electrons. The predicted molar refractivity (Wildman–Crippen MR) is 95.3 cm³/mol. The van der Waals surface area contributed by atoms with E-state index in [1.54, 1.807) is 0 Å². The molecular formula is C19H23ClN2O. The average molecular weight is 331 g/mol. The van der Waals surface area contributed by atoms with Crippen LogP contribution in [0.4, 0.5) is 0 Å². The van der Waals surface area contributed by atoms with Gasteiger partial charge in [-0.3, -0.25) is 4.90 Å². The zero-order valence-electron chi connectivity index (χ0n) is 13.5. The Kier molecular flexibility index (Phi) is 5.55. The summed E-state index contributed by atoms with van der Waals surface area (Å²) in [6.45, 7) is 6.81. The molecule has 2 aromatic rings. The molecule has 0 aromatic heterocycles. The summed E-state index contributed by atoms with van der Waals surface area (Å²) >= 11 is 6.07. The van der Waals surface area contributed by atoms with Crippen molar-refractivity contribution in [2.45, 2.75) is 13.0 Å². The SMILES string of the molecule is CCOc1cccc(C(c2ccc(Cl)cc2)N2CCNCC2)c1. The molecule has 1 aliphatic rings. The second kappa shape index (κ2) is 7.82. The van der Waals surface area contributed by atoms with Gasteiger partial charge in [0.05, 0.1) is 12.6 Å². The van der Waals surface area contributed by atoms with Gasteiger partial charge in [-0.25, -0.2) is 0 Å². The third-order valence-corrected chi connectivity index (χ3v) is 4.44. The summed E-state index contributed by atoms with van der Waals surface area (Å²) in [5.74, 6) is 0.930. The summed E-state index contributed by atoms with van der Waals surface area (Å²) in [6.07, 6.45) is 0. The summed E-state index contributed by atoms with van der Waals surface area (Å²) < 4.78 is 5.69. The highest BCUT2D eigenvalue weighted by atomic mass is 35.5. The van der Waals surface area contributed by atoms with Gasteiger partial charge in [0.2, 0.25) is 0 Å². The molecule has 0 bridgehead atoms. The monoisotopic (exact) mass is 330 g/mol. The van der Waals surface area contributed by atoms with Gasteiger partial charge in [0.15, 0.2) is 0 Å². The van der Waals surface area contributed by atoms with Crippen molar-refractivity contribution in [3.63, 3.8) is 0 Å². The van der Waals surface area contributed by atoms with Crippen molar-refractivity contribution in [2.24, 2.45) is 0 Å². The number of nitrogens with zero attached hydrogens (tertiary/aromatic N) is 1. The van der Waals surface area contributed by atoms with E-state index in [4.69, 9.17) is 16.3 Å². The Labute approximate surface area is 143 Å². The van der Waals surface area contributed by atoms with Crippen molar-refractivity contribution in [1.82, 2.24) is 10.2 Å². The lowest BCUT2D eigenvalue weighted by Crippen LogP contribution is -2.45. The van der Waals surface area contributed by atoms with Crippen LogP contribution in [0.1, 0.15) is 24.1 Å². The number of nitrogens with one attached hydrogen (secondary N) is 1. The Hall–Kier alpha value is -1.55. The van der Waals surface area contributed by atoms with Crippen molar-refractivity contribution in [3.05, 3.63) is 64.7 Å². The van der Waals surface area contributed by atoms with Crippen LogP contribution < -0.4 is 10.1 Å². The first-order valence-corrected chi connectivity index (χ1v) is 8.58. The molecule has 1 N–H and O–H groups in total. The van der Waals surface area contributed by atoms with Gasteiger partial charge in [-0.05, 0) is 42.3 Å². The molecule has 1 atom stereocenters. The number of ether oxygens (including phenoxy) is 1. The molecule has 1 saturated heterocycles. The van der Waals surface area contributed by atoms with Crippen molar-refractivity contribution in [3.8, 4) is 5.75 Å². The molecule has 0 amide bonds. The number of rotatable bonds is 5. The van der Waals surface area contributed by atoms with E-state index in [1.165, 1.54) is 11.1 Å². The maximum atomic E-state index is 6.07. The molecule has 2 aromatic carbocycles. The first kappa shape index (κ1) is 16.3. The Bertz CT molecular complexity index is 624. The highest BCUT2D eigenvalue weighted by molar-refractivity contribution is 6.30. The van der Waals surface area contributed by atoms with Crippen LogP contribution >= 0.6 is 11.6 Å². The fraction of sp³-hybridized carbons (Fsp3) is 0.368. The maximum Gasteiger partial charge on any atom is 0.119 e. The molecule has 122 valence electrons. The minimum Gasteiger partial charge on any atom is -0.494 e. The number of hydrogen-bond donors (Lipinski definition) is 1. The van der Waals surface area contributed by atoms with Gasteiger partial charge in [0.25, 0.3) is 0 Å². The number of piperazine rings is 1. The standard InChI is InChI=1S/C19H23ClN2O/c1-2-23-18-5-3-4-16(14-18)19(22-12-10-21-11-13-22)15-6-8-17(20)9-7-15/h3-9,14,19,21H,2,10-13H2,1H3. The van der Waals surface area contributed by atoms with Gasteiger partial charge in [0, 0.05) is 31.2 Å². The molecule has 1 fully saturated rings. The smallest absolute Gasteiger partial charge is 0.119 e. The van der Waals surface area contributed by atoms with Gasteiger partial charge in [0.1, 0.15) is 5.75 Å². The zero-order chi connectivity index (χ0) is 16.1. The summed E-state index contributed by atoms with van der Waals surface area (Å²) in [5.41, 5.74) is 2.53. The van der Waals surface area contributed by atoms with Crippen LogP contribution in [0, 0.1) is 0 Å². The van der Waals surface area contributed by atoms with E-state index in [2.05, 4.69) is 40.5 Å². The first-order valence-electron chi connectivity index (χ1n) is 8.21. The maximum absolute atomic E-state index is 6.07. The molecule has 1 aliphatic heterocycles. The van der Waals surface area contributed by atoms with Gasteiger partial charge < -0.3 is 10.1 Å². The lowest BCUT2D eigenvalue weighted by atomic mass is 9.96. The van der Waals surface area contributed by atoms with Crippen LogP contribution in [-0.4, -0.2) is 37.7 Å². The van der Waals surface area contributed by atoms with E-state index >= 15 is 0 Å². The summed E-state index contributed by atoms with van der Waals surface area (Å²) in [6, 6.07) is 16.9. The van der Waals surface area contributed by atoms with E-state index in [-0.39, 0.29) is 6.04 Å². The quantitative estimate of drug-likeness (QED) is 0.904.